The fraction of sp³-hybridized carbons (Fsp3) is 0.308. The molecule has 0 radical (unpaired) electrons. The van der Waals surface area contributed by atoms with Crippen LogP contribution in [0.2, 0.25) is 0 Å². The minimum Gasteiger partial charge on any atom is -0.361 e. The van der Waals surface area contributed by atoms with E-state index >= 15 is 0 Å². The summed E-state index contributed by atoms with van der Waals surface area (Å²) in [5, 5.41) is 5.94. The van der Waals surface area contributed by atoms with Crippen molar-refractivity contribution in [2.45, 2.75) is 13.0 Å². The molecule has 1 heterocycles. The number of benzene rings is 1. The zero-order chi connectivity index (χ0) is 12.8. The summed E-state index contributed by atoms with van der Waals surface area (Å²) in [6.07, 6.45) is 0.514. The summed E-state index contributed by atoms with van der Waals surface area (Å²) >= 11 is 1.54. The summed E-state index contributed by atoms with van der Waals surface area (Å²) in [5.74, 6) is 0. The Morgan fingerprint density at radius 1 is 1.28 bits per heavy atom. The van der Waals surface area contributed by atoms with Crippen molar-refractivity contribution in [3.05, 3.63) is 35.2 Å². The number of nitrogens with one attached hydrogen (secondary N) is 1. The molecule has 5 heteroatoms. The number of nitrogens with zero attached hydrogens (tertiary/aromatic N) is 1. The van der Waals surface area contributed by atoms with Crippen LogP contribution in [0, 0.1) is 0 Å². The topological polar surface area (TPSA) is 50.9 Å². The minimum absolute atomic E-state index is 0.300. The highest BCUT2D eigenvalue weighted by Gasteiger charge is 2.04. The molecular formula is C13H16FN3S. The molecule has 3 nitrogen and oxygen atoms in total. The van der Waals surface area contributed by atoms with E-state index < -0.39 is 0 Å². The molecule has 0 spiro atoms. The van der Waals surface area contributed by atoms with Crippen molar-refractivity contribution >= 4 is 16.5 Å². The predicted octanol–water partition coefficient (Wildman–Crippen LogP) is 3.04. The van der Waals surface area contributed by atoms with E-state index in [1.807, 2.05) is 29.6 Å². The lowest BCUT2D eigenvalue weighted by Gasteiger charge is -2.00. The van der Waals surface area contributed by atoms with Crippen LogP contribution < -0.4 is 11.1 Å². The molecule has 0 fully saturated rings. The first kappa shape index (κ1) is 13.0. The molecule has 96 valence electrons. The van der Waals surface area contributed by atoms with Gasteiger partial charge in [-0.05, 0) is 12.0 Å². The maximum atomic E-state index is 12.0. The zero-order valence-corrected chi connectivity index (χ0v) is 10.8. The molecule has 0 amide bonds. The van der Waals surface area contributed by atoms with E-state index in [4.69, 9.17) is 5.73 Å². The molecule has 0 aliphatic rings. The fourth-order valence-electron chi connectivity index (χ4n) is 1.56. The highest BCUT2D eigenvalue weighted by atomic mass is 32.1. The number of aromatic nitrogens is 1. The maximum absolute atomic E-state index is 12.0. The van der Waals surface area contributed by atoms with Gasteiger partial charge in [0, 0.05) is 24.0 Å². The van der Waals surface area contributed by atoms with Gasteiger partial charge in [0.15, 0.2) is 5.13 Å². The second kappa shape index (κ2) is 6.47. The molecule has 0 saturated heterocycles. The molecule has 3 N–H and O–H groups in total. The number of anilines is 1. The standard InChI is InChI=1S/C13H16FN3S/c14-6-1-7-16-13-17-12(9-18-13)11-4-2-10(8-15)3-5-11/h2-5,9H,1,6-8,15H2,(H,16,17). The van der Waals surface area contributed by atoms with Gasteiger partial charge < -0.3 is 11.1 Å². The molecule has 0 aliphatic heterocycles. The van der Waals surface area contributed by atoms with E-state index in [-0.39, 0.29) is 6.67 Å². The first-order valence-corrected chi connectivity index (χ1v) is 6.76. The zero-order valence-electron chi connectivity index (χ0n) is 10.0. The van der Waals surface area contributed by atoms with Crippen LogP contribution in [0.1, 0.15) is 12.0 Å². The lowest BCUT2D eigenvalue weighted by atomic mass is 10.1. The van der Waals surface area contributed by atoms with Crippen molar-refractivity contribution in [3.8, 4) is 11.3 Å². The van der Waals surface area contributed by atoms with Crippen LogP contribution in [0.3, 0.4) is 0 Å². The molecular weight excluding hydrogens is 249 g/mol. The van der Waals surface area contributed by atoms with Gasteiger partial charge in [-0.25, -0.2) is 4.98 Å². The molecule has 2 rings (SSSR count). The summed E-state index contributed by atoms with van der Waals surface area (Å²) in [6, 6.07) is 8.04. The molecule has 2 aromatic rings. The quantitative estimate of drug-likeness (QED) is 0.789. The second-order valence-corrected chi connectivity index (χ2v) is 4.77. The van der Waals surface area contributed by atoms with Crippen LogP contribution in [0.25, 0.3) is 11.3 Å². The number of nitrogens with two attached hydrogens (primary N) is 1. The molecule has 0 bridgehead atoms. The van der Waals surface area contributed by atoms with Gasteiger partial charge in [-0.2, -0.15) is 0 Å². The summed E-state index contributed by atoms with van der Waals surface area (Å²) < 4.78 is 12.0. The van der Waals surface area contributed by atoms with Crippen molar-refractivity contribution in [3.63, 3.8) is 0 Å². The van der Waals surface area contributed by atoms with Crippen LogP contribution in [0.15, 0.2) is 29.6 Å². The summed E-state index contributed by atoms with van der Waals surface area (Å²) in [7, 11) is 0. The Morgan fingerprint density at radius 2 is 2.06 bits per heavy atom. The van der Waals surface area contributed by atoms with Crippen molar-refractivity contribution in [1.29, 1.82) is 0 Å². The van der Waals surface area contributed by atoms with Gasteiger partial charge in [-0.1, -0.05) is 24.3 Å². The van der Waals surface area contributed by atoms with Crippen LogP contribution in [-0.2, 0) is 6.54 Å². The Hall–Kier alpha value is -1.46. The van der Waals surface area contributed by atoms with E-state index in [0.29, 0.717) is 19.5 Å². The van der Waals surface area contributed by atoms with Crippen molar-refractivity contribution in [2.75, 3.05) is 18.5 Å². The van der Waals surface area contributed by atoms with E-state index in [2.05, 4.69) is 10.3 Å². The van der Waals surface area contributed by atoms with Gasteiger partial charge in [0.05, 0.1) is 12.4 Å². The number of halogens is 1. The highest BCUT2D eigenvalue weighted by Crippen LogP contribution is 2.25. The first-order chi connectivity index (χ1) is 8.83. The summed E-state index contributed by atoms with van der Waals surface area (Å²) in [4.78, 5) is 4.46. The SMILES string of the molecule is NCc1ccc(-c2csc(NCCCF)n2)cc1. The van der Waals surface area contributed by atoms with E-state index in [1.165, 1.54) is 11.3 Å². The Balaban J connectivity index is 2.04. The Kier molecular flexibility index (Phi) is 4.66. The molecule has 0 atom stereocenters. The lowest BCUT2D eigenvalue weighted by Crippen LogP contribution is -2.01. The summed E-state index contributed by atoms with van der Waals surface area (Å²) in [5.41, 5.74) is 8.67. The Bertz CT molecular complexity index is 481. The molecule has 18 heavy (non-hydrogen) atoms. The molecule has 1 aromatic carbocycles. The number of thiazole rings is 1. The van der Waals surface area contributed by atoms with E-state index in [1.54, 1.807) is 0 Å². The van der Waals surface area contributed by atoms with Gasteiger partial charge >= 0.3 is 0 Å². The molecule has 0 aliphatic carbocycles. The summed E-state index contributed by atoms with van der Waals surface area (Å²) in [6.45, 7) is 0.870. The number of hydrogen-bond acceptors (Lipinski definition) is 4. The van der Waals surface area contributed by atoms with E-state index in [0.717, 1.165) is 22.0 Å². The van der Waals surface area contributed by atoms with Crippen LogP contribution in [0.4, 0.5) is 9.52 Å². The second-order valence-electron chi connectivity index (χ2n) is 3.91. The predicted molar refractivity (Wildman–Crippen MR) is 74.5 cm³/mol. The normalized spacial score (nSPS) is 10.6. The van der Waals surface area contributed by atoms with Gasteiger partial charge in [-0.15, -0.1) is 11.3 Å². The average Bonchev–Trinajstić information content (AvgIpc) is 2.88. The molecule has 0 saturated carbocycles. The van der Waals surface area contributed by atoms with Crippen molar-refractivity contribution in [2.24, 2.45) is 5.73 Å². The van der Waals surface area contributed by atoms with Crippen LogP contribution >= 0.6 is 11.3 Å². The third-order valence-electron chi connectivity index (χ3n) is 2.58. The number of rotatable bonds is 6. The largest absolute Gasteiger partial charge is 0.361 e. The smallest absolute Gasteiger partial charge is 0.183 e. The average molecular weight is 265 g/mol. The Labute approximate surface area is 110 Å². The van der Waals surface area contributed by atoms with Gasteiger partial charge in [0.25, 0.3) is 0 Å². The Morgan fingerprint density at radius 3 is 2.72 bits per heavy atom. The third-order valence-corrected chi connectivity index (χ3v) is 3.38. The first-order valence-electron chi connectivity index (χ1n) is 5.88. The van der Waals surface area contributed by atoms with Crippen LogP contribution in [0.5, 0.6) is 0 Å². The molecule has 0 unspecified atom stereocenters. The molecule has 1 aromatic heterocycles. The number of hydrogen-bond donors (Lipinski definition) is 2. The number of alkyl halides is 1. The third kappa shape index (κ3) is 3.27. The van der Waals surface area contributed by atoms with E-state index in [9.17, 15) is 4.39 Å². The van der Waals surface area contributed by atoms with Crippen LogP contribution in [-0.4, -0.2) is 18.2 Å². The van der Waals surface area contributed by atoms with Crippen molar-refractivity contribution in [1.82, 2.24) is 4.98 Å². The van der Waals surface area contributed by atoms with Crippen molar-refractivity contribution < 1.29 is 4.39 Å². The fourth-order valence-corrected chi connectivity index (χ4v) is 2.31. The highest BCUT2D eigenvalue weighted by molar-refractivity contribution is 7.14. The minimum atomic E-state index is -0.300. The monoisotopic (exact) mass is 265 g/mol. The van der Waals surface area contributed by atoms with Gasteiger partial charge in [0.2, 0.25) is 0 Å². The maximum Gasteiger partial charge on any atom is 0.183 e. The van der Waals surface area contributed by atoms with Gasteiger partial charge in [-0.3, -0.25) is 4.39 Å². The lowest BCUT2D eigenvalue weighted by molar-refractivity contribution is 0.481. The van der Waals surface area contributed by atoms with Gasteiger partial charge in [0.1, 0.15) is 0 Å².